The first-order chi connectivity index (χ1) is 12.9. The molecule has 0 saturated carbocycles. The molecule has 0 saturated heterocycles. The standard InChI is InChI=1S/C19H16Cl2N2O4/c1-10-8-13(15(27-3)9-11(10)20)23-18(24)16(21)17(19(23)25)22-12-6-4-5-7-14(12)26-2/h4-9,22H,1-3H3. The summed E-state index contributed by atoms with van der Waals surface area (Å²) in [5.41, 5.74) is 1.43. The number of nitrogens with one attached hydrogen (secondary N) is 1. The molecule has 0 fully saturated rings. The van der Waals surface area contributed by atoms with E-state index in [9.17, 15) is 9.59 Å². The van der Waals surface area contributed by atoms with Crippen LogP contribution in [0.15, 0.2) is 47.1 Å². The Kier molecular flexibility index (Phi) is 5.30. The van der Waals surface area contributed by atoms with Crippen molar-refractivity contribution in [2.75, 3.05) is 24.4 Å². The number of carbonyl (C=O) groups is 2. The number of rotatable bonds is 5. The lowest BCUT2D eigenvalue weighted by Gasteiger charge is -2.19. The topological polar surface area (TPSA) is 67.9 Å². The van der Waals surface area contributed by atoms with Crippen LogP contribution in [0, 0.1) is 6.92 Å². The average Bonchev–Trinajstić information content (AvgIpc) is 2.87. The summed E-state index contributed by atoms with van der Waals surface area (Å²) in [4.78, 5) is 26.6. The SMILES string of the molecule is COc1ccccc1NC1=C(Cl)C(=O)N(c2cc(C)c(Cl)cc2OC)C1=O. The molecule has 0 atom stereocenters. The molecular formula is C19H16Cl2N2O4. The Morgan fingerprint density at radius 3 is 2.30 bits per heavy atom. The van der Waals surface area contributed by atoms with Gasteiger partial charge in [-0.25, -0.2) is 4.90 Å². The Bertz CT molecular complexity index is 972. The molecule has 0 aliphatic carbocycles. The zero-order valence-electron chi connectivity index (χ0n) is 14.8. The van der Waals surface area contributed by atoms with Gasteiger partial charge in [-0.1, -0.05) is 35.3 Å². The van der Waals surface area contributed by atoms with Gasteiger partial charge in [-0.3, -0.25) is 9.59 Å². The number of ether oxygens (including phenoxy) is 2. The molecule has 1 aliphatic heterocycles. The molecule has 1 N–H and O–H groups in total. The van der Waals surface area contributed by atoms with Crippen LogP contribution in [0.5, 0.6) is 11.5 Å². The lowest BCUT2D eigenvalue weighted by molar-refractivity contribution is -0.120. The highest BCUT2D eigenvalue weighted by molar-refractivity contribution is 6.53. The van der Waals surface area contributed by atoms with Gasteiger partial charge in [0.1, 0.15) is 22.2 Å². The Hall–Kier alpha value is -2.70. The van der Waals surface area contributed by atoms with Crippen molar-refractivity contribution in [1.82, 2.24) is 0 Å². The van der Waals surface area contributed by atoms with Crippen molar-refractivity contribution in [2.24, 2.45) is 0 Å². The molecule has 0 bridgehead atoms. The van der Waals surface area contributed by atoms with E-state index in [4.69, 9.17) is 32.7 Å². The fraction of sp³-hybridized carbons (Fsp3) is 0.158. The number of para-hydroxylation sites is 2. The number of benzene rings is 2. The van der Waals surface area contributed by atoms with E-state index in [1.165, 1.54) is 14.2 Å². The van der Waals surface area contributed by atoms with Crippen molar-refractivity contribution in [3.05, 3.63) is 57.7 Å². The van der Waals surface area contributed by atoms with Crippen molar-refractivity contribution in [3.63, 3.8) is 0 Å². The van der Waals surface area contributed by atoms with Gasteiger partial charge < -0.3 is 14.8 Å². The van der Waals surface area contributed by atoms with Gasteiger partial charge in [0.05, 0.1) is 25.6 Å². The normalized spacial score (nSPS) is 14.0. The summed E-state index contributed by atoms with van der Waals surface area (Å²) in [6, 6.07) is 10.1. The second kappa shape index (κ2) is 7.50. The van der Waals surface area contributed by atoms with E-state index in [1.54, 1.807) is 43.3 Å². The quantitative estimate of drug-likeness (QED) is 0.756. The molecule has 140 valence electrons. The predicted octanol–water partition coefficient (Wildman–Crippen LogP) is 4.10. The monoisotopic (exact) mass is 406 g/mol. The summed E-state index contributed by atoms with van der Waals surface area (Å²) in [6.07, 6.45) is 0. The van der Waals surface area contributed by atoms with E-state index in [-0.39, 0.29) is 22.2 Å². The maximum Gasteiger partial charge on any atom is 0.283 e. The fourth-order valence-electron chi connectivity index (χ4n) is 2.70. The third-order valence-corrected chi connectivity index (χ3v) is 4.85. The average molecular weight is 407 g/mol. The molecule has 3 rings (SSSR count). The molecule has 6 nitrogen and oxygen atoms in total. The summed E-state index contributed by atoms with van der Waals surface area (Å²) in [6.45, 7) is 1.76. The third kappa shape index (κ3) is 3.34. The number of halogens is 2. The minimum Gasteiger partial charge on any atom is -0.495 e. The van der Waals surface area contributed by atoms with Crippen LogP contribution in [-0.2, 0) is 9.59 Å². The summed E-state index contributed by atoms with van der Waals surface area (Å²) >= 11 is 12.3. The first-order valence-electron chi connectivity index (χ1n) is 7.91. The van der Waals surface area contributed by atoms with Gasteiger partial charge in [0, 0.05) is 11.1 Å². The lowest BCUT2D eigenvalue weighted by atomic mass is 10.2. The zero-order chi connectivity index (χ0) is 19.7. The number of amides is 2. The first kappa shape index (κ1) is 19.1. The van der Waals surface area contributed by atoms with E-state index in [0.29, 0.717) is 22.0 Å². The number of anilines is 2. The Morgan fingerprint density at radius 2 is 1.63 bits per heavy atom. The Balaban J connectivity index is 2.01. The van der Waals surface area contributed by atoms with E-state index < -0.39 is 11.8 Å². The smallest absolute Gasteiger partial charge is 0.283 e. The predicted molar refractivity (Wildman–Crippen MR) is 105 cm³/mol. The molecule has 2 aromatic rings. The number of imide groups is 1. The van der Waals surface area contributed by atoms with Gasteiger partial charge in [0.2, 0.25) is 0 Å². The number of hydrogen-bond acceptors (Lipinski definition) is 5. The summed E-state index contributed by atoms with van der Waals surface area (Å²) in [5, 5.41) is 3.13. The van der Waals surface area contributed by atoms with Crippen molar-refractivity contribution < 1.29 is 19.1 Å². The second-order valence-corrected chi connectivity index (χ2v) is 6.52. The zero-order valence-corrected chi connectivity index (χ0v) is 16.3. The number of nitrogens with zero attached hydrogens (tertiary/aromatic N) is 1. The van der Waals surface area contributed by atoms with Gasteiger partial charge in [-0.2, -0.15) is 0 Å². The molecule has 27 heavy (non-hydrogen) atoms. The van der Waals surface area contributed by atoms with E-state index in [0.717, 1.165) is 4.90 Å². The van der Waals surface area contributed by atoms with E-state index in [1.807, 2.05) is 0 Å². The number of methoxy groups -OCH3 is 2. The van der Waals surface area contributed by atoms with Crippen LogP contribution in [0.25, 0.3) is 0 Å². The molecule has 0 spiro atoms. The maximum atomic E-state index is 13.0. The van der Waals surface area contributed by atoms with E-state index >= 15 is 0 Å². The van der Waals surface area contributed by atoms with Crippen molar-refractivity contribution >= 4 is 46.4 Å². The van der Waals surface area contributed by atoms with Crippen LogP contribution in [0.2, 0.25) is 5.02 Å². The Morgan fingerprint density at radius 1 is 0.963 bits per heavy atom. The van der Waals surface area contributed by atoms with Gasteiger partial charge >= 0.3 is 0 Å². The van der Waals surface area contributed by atoms with Crippen LogP contribution in [0.3, 0.4) is 0 Å². The van der Waals surface area contributed by atoms with Gasteiger partial charge in [0.25, 0.3) is 11.8 Å². The minimum absolute atomic E-state index is 0.0409. The molecule has 0 radical (unpaired) electrons. The van der Waals surface area contributed by atoms with Crippen molar-refractivity contribution in [3.8, 4) is 11.5 Å². The van der Waals surface area contributed by atoms with Gasteiger partial charge in [-0.15, -0.1) is 0 Å². The highest BCUT2D eigenvalue weighted by Gasteiger charge is 2.40. The molecule has 2 aromatic carbocycles. The highest BCUT2D eigenvalue weighted by Crippen LogP contribution is 2.39. The van der Waals surface area contributed by atoms with Gasteiger partial charge in [-0.05, 0) is 30.7 Å². The third-order valence-electron chi connectivity index (χ3n) is 4.09. The van der Waals surface area contributed by atoms with Crippen LogP contribution >= 0.6 is 23.2 Å². The first-order valence-corrected chi connectivity index (χ1v) is 8.67. The van der Waals surface area contributed by atoms with Crippen molar-refractivity contribution in [2.45, 2.75) is 6.92 Å². The van der Waals surface area contributed by atoms with Gasteiger partial charge in [0.15, 0.2) is 0 Å². The number of carbonyl (C=O) groups excluding carboxylic acids is 2. The van der Waals surface area contributed by atoms with Crippen molar-refractivity contribution in [1.29, 1.82) is 0 Å². The largest absolute Gasteiger partial charge is 0.495 e. The molecule has 2 amide bonds. The summed E-state index contributed by atoms with van der Waals surface area (Å²) in [5.74, 6) is -0.460. The molecular weight excluding hydrogens is 391 g/mol. The number of aryl methyl sites for hydroxylation is 1. The minimum atomic E-state index is -0.654. The van der Waals surface area contributed by atoms with Crippen LogP contribution in [0.1, 0.15) is 5.56 Å². The molecule has 1 aliphatic rings. The molecule has 8 heteroatoms. The van der Waals surface area contributed by atoms with Crippen LogP contribution in [0.4, 0.5) is 11.4 Å². The molecule has 1 heterocycles. The van der Waals surface area contributed by atoms with Crippen LogP contribution < -0.4 is 19.7 Å². The number of hydrogen-bond donors (Lipinski definition) is 1. The van der Waals surface area contributed by atoms with Crippen LogP contribution in [-0.4, -0.2) is 26.0 Å². The maximum absolute atomic E-state index is 13.0. The van der Waals surface area contributed by atoms with E-state index in [2.05, 4.69) is 5.32 Å². The lowest BCUT2D eigenvalue weighted by Crippen LogP contribution is -2.32. The second-order valence-electron chi connectivity index (χ2n) is 5.73. The molecule has 0 unspecified atom stereocenters. The summed E-state index contributed by atoms with van der Waals surface area (Å²) in [7, 11) is 2.93. The summed E-state index contributed by atoms with van der Waals surface area (Å²) < 4.78 is 10.5. The fourth-order valence-corrected chi connectivity index (χ4v) is 3.07. The highest BCUT2D eigenvalue weighted by atomic mass is 35.5. The Labute approximate surface area is 166 Å². The molecule has 0 aromatic heterocycles.